The van der Waals surface area contributed by atoms with Gasteiger partial charge in [0.2, 0.25) is 0 Å². The van der Waals surface area contributed by atoms with Gasteiger partial charge in [-0.05, 0) is 42.0 Å². The Morgan fingerprint density at radius 2 is 1.59 bits per heavy atom. The molecule has 168 valence electrons. The lowest BCUT2D eigenvalue weighted by molar-refractivity contribution is -0.140. The van der Waals surface area contributed by atoms with Crippen molar-refractivity contribution in [1.29, 1.82) is 0 Å². The van der Waals surface area contributed by atoms with E-state index < -0.39 is 52.6 Å². The van der Waals surface area contributed by atoms with E-state index in [1.54, 1.807) is 0 Å². The zero-order chi connectivity index (χ0) is 23.5. The van der Waals surface area contributed by atoms with Gasteiger partial charge in [-0.3, -0.25) is 9.97 Å². The molecule has 5 nitrogen and oxygen atoms in total. The van der Waals surface area contributed by atoms with E-state index in [0.717, 1.165) is 18.3 Å². The van der Waals surface area contributed by atoms with E-state index in [2.05, 4.69) is 20.6 Å². The number of anilines is 1. The molecule has 0 saturated carbocycles. The molecule has 3 rings (SSSR count). The number of benzene rings is 1. The van der Waals surface area contributed by atoms with Gasteiger partial charge < -0.3 is 10.6 Å². The molecule has 2 amide bonds. The van der Waals surface area contributed by atoms with E-state index >= 15 is 0 Å². The molecule has 1 unspecified atom stereocenters. The number of aromatic nitrogens is 2. The minimum atomic E-state index is -5.11. The molecule has 0 saturated heterocycles. The molecule has 0 spiro atoms. The molecular weight excluding hydrogens is 445 g/mol. The summed E-state index contributed by atoms with van der Waals surface area (Å²) in [5.41, 5.74) is -4.01. The molecule has 32 heavy (non-hydrogen) atoms. The Kier molecular flexibility index (Phi) is 6.32. The summed E-state index contributed by atoms with van der Waals surface area (Å²) in [7, 11) is 0. The van der Waals surface area contributed by atoms with Crippen molar-refractivity contribution < 1.29 is 35.5 Å². The van der Waals surface area contributed by atoms with Crippen molar-refractivity contribution in [2.45, 2.75) is 18.4 Å². The number of nitrogens with one attached hydrogen (secondary N) is 2. The Labute approximate surface area is 176 Å². The number of hydrogen-bond donors (Lipinski definition) is 2. The van der Waals surface area contributed by atoms with Gasteiger partial charge in [-0.2, -0.15) is 26.3 Å². The summed E-state index contributed by atoms with van der Waals surface area (Å²) in [5.74, 6) is -1.61. The van der Waals surface area contributed by atoms with Crippen LogP contribution in [-0.2, 0) is 12.4 Å². The third-order valence-corrected chi connectivity index (χ3v) is 4.24. The van der Waals surface area contributed by atoms with Gasteiger partial charge in [0.15, 0.2) is 0 Å². The molecule has 0 bridgehead atoms. The highest BCUT2D eigenvalue weighted by Crippen LogP contribution is 2.38. The summed E-state index contributed by atoms with van der Waals surface area (Å²) >= 11 is 0. The van der Waals surface area contributed by atoms with Crippen molar-refractivity contribution in [2.75, 3.05) is 5.32 Å². The number of alkyl halides is 6. The number of pyridine rings is 2. The average Bonchev–Trinajstić information content (AvgIpc) is 2.72. The third kappa shape index (κ3) is 5.31. The monoisotopic (exact) mass is 458 g/mol. The molecule has 0 fully saturated rings. The molecule has 0 aliphatic carbocycles. The van der Waals surface area contributed by atoms with Crippen LogP contribution in [0.4, 0.5) is 41.2 Å². The van der Waals surface area contributed by atoms with Crippen molar-refractivity contribution in [2.24, 2.45) is 0 Å². The van der Waals surface area contributed by atoms with Crippen LogP contribution in [0.5, 0.6) is 0 Å². The van der Waals surface area contributed by atoms with Gasteiger partial charge in [0.1, 0.15) is 5.82 Å². The maximum absolute atomic E-state index is 13.7. The van der Waals surface area contributed by atoms with Crippen molar-refractivity contribution in [3.05, 3.63) is 89.3 Å². The number of carbonyl (C=O) groups is 1. The second kappa shape index (κ2) is 8.81. The molecule has 12 heteroatoms. The zero-order valence-corrected chi connectivity index (χ0v) is 15.8. The Bertz CT molecular complexity index is 1100. The third-order valence-electron chi connectivity index (χ3n) is 4.24. The van der Waals surface area contributed by atoms with E-state index in [0.29, 0.717) is 18.2 Å². The molecule has 2 heterocycles. The van der Waals surface area contributed by atoms with Gasteiger partial charge in [0.05, 0.1) is 34.7 Å². The zero-order valence-electron chi connectivity index (χ0n) is 15.8. The summed E-state index contributed by atoms with van der Waals surface area (Å²) in [6.45, 7) is 0. The highest BCUT2D eigenvalue weighted by Gasteiger charge is 2.39. The fourth-order valence-corrected chi connectivity index (χ4v) is 2.87. The van der Waals surface area contributed by atoms with Crippen LogP contribution < -0.4 is 10.6 Å². The van der Waals surface area contributed by atoms with E-state index in [1.807, 2.05) is 0 Å². The van der Waals surface area contributed by atoms with Crippen molar-refractivity contribution >= 4 is 11.7 Å². The molecule has 2 N–H and O–H groups in total. The quantitative estimate of drug-likeness (QED) is 0.503. The predicted octanol–water partition coefficient (Wildman–Crippen LogP) is 5.56. The fourth-order valence-electron chi connectivity index (χ4n) is 2.87. The molecular formula is C20H13F7N4O. The average molecular weight is 458 g/mol. The Morgan fingerprint density at radius 1 is 0.906 bits per heavy atom. The summed E-state index contributed by atoms with van der Waals surface area (Å²) in [6, 6.07) is 3.38. The number of amides is 2. The first-order chi connectivity index (χ1) is 15.0. The SMILES string of the molecule is O=C(Nc1cccnc1)NC(c1ccc(F)c(C(F)(F)F)c1)c1ncccc1C(F)(F)F. The van der Waals surface area contributed by atoms with Gasteiger partial charge in [-0.15, -0.1) is 0 Å². The highest BCUT2D eigenvalue weighted by molar-refractivity contribution is 5.89. The van der Waals surface area contributed by atoms with E-state index in [1.165, 1.54) is 24.5 Å². The number of rotatable bonds is 4. The summed E-state index contributed by atoms with van der Waals surface area (Å²) in [4.78, 5) is 19.8. The fraction of sp³-hybridized carbons (Fsp3) is 0.150. The second-order valence-electron chi connectivity index (χ2n) is 6.44. The van der Waals surface area contributed by atoms with Crippen molar-refractivity contribution in [1.82, 2.24) is 15.3 Å². The molecule has 0 radical (unpaired) electrons. The lowest BCUT2D eigenvalue weighted by Crippen LogP contribution is -2.35. The molecule has 1 aromatic carbocycles. The van der Waals surface area contributed by atoms with Crippen LogP contribution in [0.1, 0.15) is 28.4 Å². The Morgan fingerprint density at radius 3 is 2.22 bits per heavy atom. The number of urea groups is 1. The molecule has 0 aliphatic rings. The molecule has 3 aromatic rings. The molecule has 1 atom stereocenters. The summed E-state index contributed by atoms with van der Waals surface area (Å²) < 4.78 is 93.8. The standard InChI is InChI=1S/C20H13F7N4O/c21-15-6-5-11(9-14(15)20(25,26)27)16(17-13(19(22,23)24)4-2-8-29-17)31-18(32)30-12-3-1-7-28-10-12/h1-10,16H,(H2,30,31,32). The number of hydrogen-bond acceptors (Lipinski definition) is 3. The molecule has 0 aliphatic heterocycles. The minimum Gasteiger partial charge on any atom is -0.325 e. The summed E-state index contributed by atoms with van der Waals surface area (Å²) in [5, 5.41) is 4.49. The predicted molar refractivity (Wildman–Crippen MR) is 98.9 cm³/mol. The minimum absolute atomic E-state index is 0.177. The van der Waals surface area contributed by atoms with Crippen LogP contribution in [0.15, 0.2) is 61.1 Å². The smallest absolute Gasteiger partial charge is 0.325 e. The van der Waals surface area contributed by atoms with Crippen molar-refractivity contribution in [3.63, 3.8) is 0 Å². The summed E-state index contributed by atoms with van der Waals surface area (Å²) in [6.07, 6.45) is -6.38. The van der Waals surface area contributed by atoms with Gasteiger partial charge in [0.25, 0.3) is 0 Å². The van der Waals surface area contributed by atoms with Crippen LogP contribution in [0.25, 0.3) is 0 Å². The highest BCUT2D eigenvalue weighted by atomic mass is 19.4. The van der Waals surface area contributed by atoms with Crippen molar-refractivity contribution in [3.8, 4) is 0 Å². The van der Waals surface area contributed by atoms with Gasteiger partial charge in [-0.25, -0.2) is 9.18 Å². The number of nitrogens with zero attached hydrogens (tertiary/aromatic N) is 2. The number of halogens is 7. The molecule has 2 aromatic heterocycles. The lowest BCUT2D eigenvalue weighted by Gasteiger charge is -2.23. The van der Waals surface area contributed by atoms with E-state index in [4.69, 9.17) is 0 Å². The van der Waals surface area contributed by atoms with Crippen LogP contribution in [0, 0.1) is 5.82 Å². The first-order valence-corrected chi connectivity index (χ1v) is 8.83. The van der Waals surface area contributed by atoms with Gasteiger partial charge >= 0.3 is 18.4 Å². The van der Waals surface area contributed by atoms with Gasteiger partial charge in [-0.1, -0.05) is 6.07 Å². The van der Waals surface area contributed by atoms with Crippen LogP contribution in [-0.4, -0.2) is 16.0 Å². The van der Waals surface area contributed by atoms with Gasteiger partial charge in [0, 0.05) is 12.4 Å². The van der Waals surface area contributed by atoms with E-state index in [-0.39, 0.29) is 5.69 Å². The first-order valence-electron chi connectivity index (χ1n) is 8.83. The second-order valence-corrected chi connectivity index (χ2v) is 6.44. The van der Waals surface area contributed by atoms with Crippen LogP contribution in [0.2, 0.25) is 0 Å². The first kappa shape index (κ1) is 23.0. The number of carbonyl (C=O) groups excluding carboxylic acids is 1. The van der Waals surface area contributed by atoms with Crippen LogP contribution >= 0.6 is 0 Å². The Balaban J connectivity index is 2.08. The largest absolute Gasteiger partial charge is 0.419 e. The Hall–Kier alpha value is -3.70. The normalized spacial score (nSPS) is 12.8. The lowest BCUT2D eigenvalue weighted by atomic mass is 9.97. The van der Waals surface area contributed by atoms with E-state index in [9.17, 15) is 35.5 Å². The topological polar surface area (TPSA) is 66.9 Å². The maximum atomic E-state index is 13.7. The van der Waals surface area contributed by atoms with Crippen LogP contribution in [0.3, 0.4) is 0 Å². The maximum Gasteiger partial charge on any atom is 0.419 e.